The molecule has 1 amide bonds. The predicted molar refractivity (Wildman–Crippen MR) is 85.8 cm³/mol. The lowest BCUT2D eigenvalue weighted by Crippen LogP contribution is -2.40. The van der Waals surface area contributed by atoms with E-state index in [-0.39, 0.29) is 11.8 Å². The van der Waals surface area contributed by atoms with E-state index < -0.39 is 0 Å². The molecule has 1 aliphatic heterocycles. The molecule has 6 nitrogen and oxygen atoms in total. The number of carbonyl (C=O) groups is 1. The lowest BCUT2D eigenvalue weighted by Gasteiger charge is -2.32. The van der Waals surface area contributed by atoms with Gasteiger partial charge in [-0.2, -0.15) is 5.10 Å². The van der Waals surface area contributed by atoms with Gasteiger partial charge in [0.05, 0.1) is 18.7 Å². The van der Waals surface area contributed by atoms with E-state index in [1.807, 2.05) is 47.9 Å². The van der Waals surface area contributed by atoms with Crippen molar-refractivity contribution in [1.82, 2.24) is 19.7 Å². The fourth-order valence-corrected chi connectivity index (χ4v) is 2.99. The van der Waals surface area contributed by atoms with Crippen molar-refractivity contribution in [1.29, 1.82) is 0 Å². The first-order chi connectivity index (χ1) is 11.2. The smallest absolute Gasteiger partial charge is 0.228 e. The van der Waals surface area contributed by atoms with Gasteiger partial charge >= 0.3 is 0 Å². The van der Waals surface area contributed by atoms with Crippen molar-refractivity contribution in [3.8, 4) is 0 Å². The second-order valence-electron chi connectivity index (χ2n) is 5.84. The minimum Gasteiger partial charge on any atom is -0.381 e. The van der Waals surface area contributed by atoms with Crippen LogP contribution in [0.2, 0.25) is 0 Å². The van der Waals surface area contributed by atoms with Crippen molar-refractivity contribution < 1.29 is 9.53 Å². The molecule has 122 valence electrons. The maximum absolute atomic E-state index is 12.6. The van der Waals surface area contributed by atoms with Crippen molar-refractivity contribution in [3.63, 3.8) is 0 Å². The summed E-state index contributed by atoms with van der Waals surface area (Å²) in [5, 5.41) is 4.55. The van der Waals surface area contributed by atoms with E-state index in [4.69, 9.17) is 4.74 Å². The number of hydrogen-bond donors (Lipinski definition) is 0. The zero-order valence-corrected chi connectivity index (χ0v) is 13.6. The molecular weight excluding hydrogens is 292 g/mol. The number of amides is 1. The van der Waals surface area contributed by atoms with Crippen LogP contribution < -0.4 is 0 Å². The Bertz CT molecular complexity index is 668. The molecule has 2 aromatic rings. The summed E-state index contributed by atoms with van der Waals surface area (Å²) in [4.78, 5) is 18.8. The van der Waals surface area contributed by atoms with E-state index in [9.17, 15) is 4.79 Å². The highest BCUT2D eigenvalue weighted by molar-refractivity contribution is 5.78. The molecule has 0 saturated heterocycles. The Balaban J connectivity index is 1.75. The van der Waals surface area contributed by atoms with Gasteiger partial charge in [0, 0.05) is 56.3 Å². The molecule has 1 atom stereocenters. The van der Waals surface area contributed by atoms with Crippen molar-refractivity contribution in [2.75, 3.05) is 19.8 Å². The lowest BCUT2D eigenvalue weighted by atomic mass is 9.97. The second kappa shape index (κ2) is 6.91. The zero-order valence-electron chi connectivity index (χ0n) is 13.6. The molecule has 0 N–H and O–H groups in total. The molecule has 0 aliphatic carbocycles. The van der Waals surface area contributed by atoms with Crippen LogP contribution in [-0.2, 0) is 29.5 Å². The van der Waals surface area contributed by atoms with Crippen molar-refractivity contribution in [2.24, 2.45) is 7.05 Å². The van der Waals surface area contributed by atoms with Gasteiger partial charge < -0.3 is 9.64 Å². The quantitative estimate of drug-likeness (QED) is 0.839. The van der Waals surface area contributed by atoms with Crippen LogP contribution in [0, 0.1) is 0 Å². The first-order valence-corrected chi connectivity index (χ1v) is 7.95. The molecule has 0 saturated carbocycles. The van der Waals surface area contributed by atoms with Crippen LogP contribution in [0.15, 0.2) is 30.6 Å². The van der Waals surface area contributed by atoms with Crippen LogP contribution in [0.25, 0.3) is 0 Å². The van der Waals surface area contributed by atoms with E-state index in [1.54, 1.807) is 6.20 Å². The molecule has 3 heterocycles. The van der Waals surface area contributed by atoms with Gasteiger partial charge in [0.1, 0.15) is 0 Å². The highest BCUT2D eigenvalue weighted by atomic mass is 16.5. The number of hydrogen-bond acceptors (Lipinski definition) is 4. The standard InChI is InChI=1S/C17H22N4O2/c1-3-23-12-14-11-21(10-13-9-20(2)19-17(13)14)16(22)8-15-6-4-5-7-18-15/h4-7,9,14H,3,8,10-12H2,1-2H3. The molecule has 2 aromatic heterocycles. The zero-order chi connectivity index (χ0) is 16.2. The molecule has 1 unspecified atom stereocenters. The van der Waals surface area contributed by atoms with Gasteiger partial charge in [0.2, 0.25) is 5.91 Å². The third-order valence-electron chi connectivity index (χ3n) is 4.06. The van der Waals surface area contributed by atoms with Gasteiger partial charge in [0.25, 0.3) is 0 Å². The summed E-state index contributed by atoms with van der Waals surface area (Å²) < 4.78 is 7.40. The summed E-state index contributed by atoms with van der Waals surface area (Å²) in [6.07, 6.45) is 4.04. The molecule has 1 aliphatic rings. The monoisotopic (exact) mass is 314 g/mol. The summed E-state index contributed by atoms with van der Waals surface area (Å²) in [5.41, 5.74) is 2.97. The third-order valence-corrected chi connectivity index (χ3v) is 4.06. The van der Waals surface area contributed by atoms with Crippen molar-refractivity contribution >= 4 is 5.91 Å². The minimum absolute atomic E-state index is 0.0969. The first kappa shape index (κ1) is 15.7. The molecule has 0 aromatic carbocycles. The maximum Gasteiger partial charge on any atom is 0.228 e. The fraction of sp³-hybridized carbons (Fsp3) is 0.471. The molecule has 0 fully saturated rings. The van der Waals surface area contributed by atoms with Crippen LogP contribution in [0.5, 0.6) is 0 Å². The highest BCUT2D eigenvalue weighted by Crippen LogP contribution is 2.27. The van der Waals surface area contributed by atoms with E-state index in [0.29, 0.717) is 32.7 Å². The van der Waals surface area contributed by atoms with Gasteiger partial charge in [-0.15, -0.1) is 0 Å². The minimum atomic E-state index is 0.0969. The van der Waals surface area contributed by atoms with Crippen LogP contribution in [-0.4, -0.2) is 45.3 Å². The Hall–Kier alpha value is -2.21. The van der Waals surface area contributed by atoms with E-state index in [1.165, 1.54) is 0 Å². The molecular formula is C17H22N4O2. The number of ether oxygens (including phenoxy) is 1. The Morgan fingerprint density at radius 1 is 1.43 bits per heavy atom. The SMILES string of the molecule is CCOCC1CN(C(=O)Cc2ccccn2)Cc2cn(C)nc21. The Morgan fingerprint density at radius 3 is 3.04 bits per heavy atom. The molecule has 6 heteroatoms. The molecule has 0 spiro atoms. The number of aryl methyl sites for hydroxylation is 1. The summed E-state index contributed by atoms with van der Waals surface area (Å²) >= 11 is 0. The molecule has 3 rings (SSSR count). The number of pyridine rings is 1. The van der Waals surface area contributed by atoms with E-state index in [2.05, 4.69) is 10.1 Å². The van der Waals surface area contributed by atoms with Gasteiger partial charge in [-0.25, -0.2) is 0 Å². The van der Waals surface area contributed by atoms with Crippen LogP contribution in [0.3, 0.4) is 0 Å². The lowest BCUT2D eigenvalue weighted by molar-refractivity contribution is -0.132. The summed E-state index contributed by atoms with van der Waals surface area (Å²) in [6.45, 7) is 4.49. The second-order valence-corrected chi connectivity index (χ2v) is 5.84. The summed E-state index contributed by atoms with van der Waals surface area (Å²) in [5.74, 6) is 0.229. The Morgan fingerprint density at radius 2 is 2.30 bits per heavy atom. The molecule has 0 bridgehead atoms. The Kier molecular flexibility index (Phi) is 4.71. The number of fused-ring (bicyclic) bond motifs is 1. The largest absolute Gasteiger partial charge is 0.381 e. The fourth-order valence-electron chi connectivity index (χ4n) is 2.99. The Labute approximate surface area is 136 Å². The number of rotatable bonds is 5. The summed E-state index contributed by atoms with van der Waals surface area (Å²) in [7, 11) is 1.91. The third kappa shape index (κ3) is 3.59. The first-order valence-electron chi connectivity index (χ1n) is 7.95. The van der Waals surface area contributed by atoms with Gasteiger partial charge in [0.15, 0.2) is 0 Å². The van der Waals surface area contributed by atoms with Crippen LogP contribution in [0.4, 0.5) is 0 Å². The van der Waals surface area contributed by atoms with E-state index in [0.717, 1.165) is 17.0 Å². The summed E-state index contributed by atoms with van der Waals surface area (Å²) in [6, 6.07) is 5.65. The predicted octanol–water partition coefficient (Wildman–Crippen LogP) is 1.52. The average Bonchev–Trinajstić information content (AvgIpc) is 2.93. The topological polar surface area (TPSA) is 60.2 Å². The number of nitrogens with zero attached hydrogens (tertiary/aromatic N) is 4. The van der Waals surface area contributed by atoms with Crippen LogP contribution >= 0.6 is 0 Å². The molecule has 23 heavy (non-hydrogen) atoms. The van der Waals surface area contributed by atoms with Crippen molar-refractivity contribution in [3.05, 3.63) is 47.5 Å². The van der Waals surface area contributed by atoms with E-state index >= 15 is 0 Å². The van der Waals surface area contributed by atoms with Gasteiger partial charge in [-0.3, -0.25) is 14.5 Å². The number of aromatic nitrogens is 3. The number of carbonyl (C=O) groups excluding carboxylic acids is 1. The normalized spacial score (nSPS) is 17.1. The highest BCUT2D eigenvalue weighted by Gasteiger charge is 2.30. The average molecular weight is 314 g/mol. The van der Waals surface area contributed by atoms with Crippen LogP contribution in [0.1, 0.15) is 29.8 Å². The maximum atomic E-state index is 12.6. The van der Waals surface area contributed by atoms with Gasteiger partial charge in [-0.05, 0) is 19.1 Å². The van der Waals surface area contributed by atoms with Gasteiger partial charge in [-0.1, -0.05) is 6.07 Å². The van der Waals surface area contributed by atoms with Crippen molar-refractivity contribution in [2.45, 2.75) is 25.8 Å². The molecule has 0 radical (unpaired) electrons.